The zero-order valence-electron chi connectivity index (χ0n) is 5.34. The maximum Gasteiger partial charge on any atom is 0.151 e. The number of hydrogen-bond donors (Lipinski definition) is 0. The van der Waals surface area contributed by atoms with E-state index in [0.717, 1.165) is 12.8 Å². The first-order valence-electron chi connectivity index (χ1n) is 3.14. The molecule has 0 spiro atoms. The zero-order valence-corrected chi connectivity index (χ0v) is 6.15. The molecular weight excluding hydrogens is 136 g/mol. The minimum atomic E-state index is -2.93. The molecular formula is C6H11O2S. The Labute approximate surface area is 56.2 Å². The molecule has 1 aliphatic rings. The summed E-state index contributed by atoms with van der Waals surface area (Å²) in [4.78, 5) is 0. The van der Waals surface area contributed by atoms with Crippen molar-refractivity contribution in [1.29, 1.82) is 0 Å². The van der Waals surface area contributed by atoms with Crippen molar-refractivity contribution in [3.8, 4) is 0 Å². The first kappa shape index (κ1) is 7.06. The molecule has 1 rings (SSSR count). The number of hydrogen-bond acceptors (Lipinski definition) is 2. The normalized spacial score (nSPS) is 21.4. The second-order valence-electron chi connectivity index (χ2n) is 2.71. The van der Waals surface area contributed by atoms with Gasteiger partial charge in [0, 0.05) is 0 Å². The van der Waals surface area contributed by atoms with E-state index in [1.54, 1.807) is 0 Å². The highest BCUT2D eigenvalue weighted by Gasteiger charge is 2.21. The summed E-state index contributed by atoms with van der Waals surface area (Å²) in [5.74, 6) is 0.722. The van der Waals surface area contributed by atoms with Gasteiger partial charge >= 0.3 is 0 Å². The highest BCUT2D eigenvalue weighted by Crippen LogP contribution is 2.27. The first-order valence-corrected chi connectivity index (χ1v) is 4.96. The van der Waals surface area contributed by atoms with Gasteiger partial charge in [0.15, 0.2) is 9.84 Å². The summed E-state index contributed by atoms with van der Waals surface area (Å²) in [6.45, 7) is 0. The Morgan fingerprint density at radius 2 is 2.00 bits per heavy atom. The Morgan fingerprint density at radius 1 is 1.44 bits per heavy atom. The van der Waals surface area contributed by atoms with Gasteiger partial charge in [-0.15, -0.1) is 0 Å². The number of rotatable bonds is 2. The fourth-order valence-electron chi connectivity index (χ4n) is 1.02. The van der Waals surface area contributed by atoms with E-state index in [1.807, 2.05) is 0 Å². The lowest BCUT2D eigenvalue weighted by molar-refractivity contribution is 0.348. The Morgan fingerprint density at radius 3 is 2.11 bits per heavy atom. The first-order chi connectivity index (χ1) is 4.08. The lowest BCUT2D eigenvalue weighted by atomic mass is 9.87. The maximum atomic E-state index is 10.5. The largest absolute Gasteiger partial charge is 0.229 e. The maximum absolute atomic E-state index is 10.5. The number of sulfone groups is 1. The fourth-order valence-corrected chi connectivity index (χ4v) is 2.07. The fraction of sp³-hybridized carbons (Fsp3) is 0.833. The summed E-state index contributed by atoms with van der Waals surface area (Å²) in [5, 5.41) is 0. The van der Waals surface area contributed by atoms with Gasteiger partial charge in [-0.2, -0.15) is 0 Å². The summed E-state index contributed by atoms with van der Waals surface area (Å²) >= 11 is 0. The predicted molar refractivity (Wildman–Crippen MR) is 36.5 cm³/mol. The van der Waals surface area contributed by atoms with Crippen LogP contribution in [0.15, 0.2) is 0 Å². The van der Waals surface area contributed by atoms with Crippen molar-refractivity contribution in [2.75, 3.05) is 5.75 Å². The molecule has 0 atom stereocenters. The molecule has 1 fully saturated rings. The van der Waals surface area contributed by atoms with E-state index in [0.29, 0.717) is 11.7 Å². The van der Waals surface area contributed by atoms with Crippen molar-refractivity contribution in [2.24, 2.45) is 5.92 Å². The van der Waals surface area contributed by atoms with Crippen molar-refractivity contribution < 1.29 is 8.42 Å². The second kappa shape index (κ2) is 2.29. The van der Waals surface area contributed by atoms with Crippen LogP contribution in [0.3, 0.4) is 0 Å². The third-order valence-electron chi connectivity index (χ3n) is 1.71. The van der Waals surface area contributed by atoms with E-state index in [-0.39, 0.29) is 0 Å². The Bertz CT molecular complexity index is 177. The molecule has 0 aromatic carbocycles. The summed E-state index contributed by atoms with van der Waals surface area (Å²) in [6, 6.07) is 0. The van der Waals surface area contributed by atoms with Gasteiger partial charge in [0.2, 0.25) is 0 Å². The molecule has 0 aliphatic heterocycles. The van der Waals surface area contributed by atoms with Crippen LogP contribution in [-0.4, -0.2) is 14.2 Å². The van der Waals surface area contributed by atoms with Gasteiger partial charge in [-0.3, -0.25) is 0 Å². The van der Waals surface area contributed by atoms with Gasteiger partial charge in [0.1, 0.15) is 0 Å². The molecule has 0 unspecified atom stereocenters. The van der Waals surface area contributed by atoms with E-state index < -0.39 is 9.84 Å². The van der Waals surface area contributed by atoms with Gasteiger partial charge in [-0.1, -0.05) is 6.42 Å². The third kappa shape index (κ3) is 2.35. The van der Waals surface area contributed by atoms with Crippen LogP contribution < -0.4 is 0 Å². The van der Waals surface area contributed by atoms with Crippen LogP contribution in [0.2, 0.25) is 0 Å². The molecule has 53 valence electrons. The van der Waals surface area contributed by atoms with Crippen molar-refractivity contribution in [3.63, 3.8) is 0 Å². The van der Waals surface area contributed by atoms with Gasteiger partial charge in [0.25, 0.3) is 0 Å². The lowest BCUT2D eigenvalue weighted by Crippen LogP contribution is -2.20. The monoisotopic (exact) mass is 147 g/mol. The SMILES string of the molecule is [CH2]S(=O)(=O)CC1CCC1. The molecule has 0 aromatic rings. The molecule has 0 heterocycles. The van der Waals surface area contributed by atoms with Crippen molar-refractivity contribution in [3.05, 3.63) is 6.26 Å². The van der Waals surface area contributed by atoms with Crippen molar-refractivity contribution >= 4 is 9.84 Å². The van der Waals surface area contributed by atoms with E-state index >= 15 is 0 Å². The molecule has 3 heteroatoms. The average molecular weight is 147 g/mol. The predicted octanol–water partition coefficient (Wildman–Crippen LogP) is 0.993. The molecule has 9 heavy (non-hydrogen) atoms. The van der Waals surface area contributed by atoms with Gasteiger partial charge in [-0.25, -0.2) is 8.42 Å². The van der Waals surface area contributed by atoms with Crippen LogP contribution in [0.25, 0.3) is 0 Å². The van der Waals surface area contributed by atoms with Crippen LogP contribution in [0, 0.1) is 12.2 Å². The lowest BCUT2D eigenvalue weighted by Gasteiger charge is -2.23. The van der Waals surface area contributed by atoms with E-state index in [9.17, 15) is 8.42 Å². The van der Waals surface area contributed by atoms with Crippen LogP contribution in [0.4, 0.5) is 0 Å². The molecule has 0 amide bonds. The molecule has 1 radical (unpaired) electrons. The second-order valence-corrected chi connectivity index (χ2v) is 4.53. The average Bonchev–Trinajstić information content (AvgIpc) is 1.53. The summed E-state index contributed by atoms with van der Waals surface area (Å²) in [6.07, 6.45) is 6.42. The summed E-state index contributed by atoms with van der Waals surface area (Å²) in [5.41, 5.74) is 0. The summed E-state index contributed by atoms with van der Waals surface area (Å²) in [7, 11) is -2.93. The third-order valence-corrected chi connectivity index (χ3v) is 2.69. The molecule has 0 N–H and O–H groups in total. The standard InChI is InChI=1S/C6H11O2S/c1-9(7,8)5-6-3-2-4-6/h6H,1-5H2. The van der Waals surface area contributed by atoms with Crippen LogP contribution >= 0.6 is 0 Å². The molecule has 0 saturated heterocycles. The molecule has 0 bridgehead atoms. The quantitative estimate of drug-likeness (QED) is 0.583. The highest BCUT2D eigenvalue weighted by atomic mass is 32.2. The van der Waals surface area contributed by atoms with Crippen LogP contribution in [0.5, 0.6) is 0 Å². The van der Waals surface area contributed by atoms with Gasteiger partial charge < -0.3 is 0 Å². The Hall–Kier alpha value is -0.0500. The minimum Gasteiger partial charge on any atom is -0.229 e. The minimum absolute atomic E-state index is 0.299. The van der Waals surface area contributed by atoms with E-state index in [4.69, 9.17) is 0 Å². The van der Waals surface area contributed by atoms with Gasteiger partial charge in [-0.05, 0) is 18.8 Å². The molecule has 2 nitrogen and oxygen atoms in total. The van der Waals surface area contributed by atoms with E-state index in [1.165, 1.54) is 6.42 Å². The van der Waals surface area contributed by atoms with Crippen molar-refractivity contribution in [1.82, 2.24) is 0 Å². The topological polar surface area (TPSA) is 34.1 Å². The van der Waals surface area contributed by atoms with E-state index in [2.05, 4.69) is 6.26 Å². The zero-order chi connectivity index (χ0) is 6.91. The van der Waals surface area contributed by atoms with Crippen molar-refractivity contribution in [2.45, 2.75) is 19.3 Å². The molecule has 1 aliphatic carbocycles. The van der Waals surface area contributed by atoms with Gasteiger partial charge in [0.05, 0.1) is 12.0 Å². The Balaban J connectivity index is 2.33. The van der Waals surface area contributed by atoms with Crippen LogP contribution in [0.1, 0.15) is 19.3 Å². The molecule has 1 saturated carbocycles. The summed E-state index contributed by atoms with van der Waals surface area (Å²) < 4.78 is 21.0. The molecule has 0 aromatic heterocycles. The smallest absolute Gasteiger partial charge is 0.151 e. The van der Waals surface area contributed by atoms with Crippen LogP contribution in [-0.2, 0) is 9.84 Å². The highest BCUT2D eigenvalue weighted by molar-refractivity contribution is 7.92. The Kier molecular flexibility index (Phi) is 1.80.